The molecule has 0 saturated carbocycles. The summed E-state index contributed by atoms with van der Waals surface area (Å²) in [6.07, 6.45) is 1.67. The Morgan fingerprint density at radius 2 is 1.85 bits per heavy atom. The molecule has 2 aliphatic heterocycles. The number of piperidine rings is 1. The molecule has 1 fully saturated rings. The molecular weight excluding hydrogens is 423 g/mol. The highest BCUT2D eigenvalue weighted by atomic mass is 19.1. The number of oxime groups is 1. The van der Waals surface area contributed by atoms with Crippen LogP contribution in [0.4, 0.5) is 4.39 Å². The summed E-state index contributed by atoms with van der Waals surface area (Å²) in [6.45, 7) is 4.86. The summed E-state index contributed by atoms with van der Waals surface area (Å²) in [5.41, 5.74) is 1.78. The Hall–Kier alpha value is -3.55. The van der Waals surface area contributed by atoms with Gasteiger partial charge >= 0.3 is 0 Å². The number of rotatable bonds is 4. The van der Waals surface area contributed by atoms with Crippen LogP contribution < -0.4 is 0 Å². The van der Waals surface area contributed by atoms with Gasteiger partial charge in [0.2, 0.25) is 17.3 Å². The molecule has 0 spiro atoms. The van der Waals surface area contributed by atoms with Crippen LogP contribution in [-0.4, -0.2) is 45.3 Å². The van der Waals surface area contributed by atoms with Crippen molar-refractivity contribution in [1.82, 2.24) is 15.0 Å². The predicted molar refractivity (Wildman–Crippen MR) is 120 cm³/mol. The van der Waals surface area contributed by atoms with Gasteiger partial charge in [-0.25, -0.2) is 4.39 Å². The van der Waals surface area contributed by atoms with Crippen molar-refractivity contribution in [2.24, 2.45) is 5.16 Å². The number of aryl methyl sites for hydroxylation is 1. The van der Waals surface area contributed by atoms with Gasteiger partial charge in [0.15, 0.2) is 0 Å². The molecule has 5 rings (SSSR count). The van der Waals surface area contributed by atoms with Crippen LogP contribution >= 0.6 is 0 Å². The highest BCUT2D eigenvalue weighted by Gasteiger charge is 2.46. The van der Waals surface area contributed by atoms with Gasteiger partial charge in [0.25, 0.3) is 5.91 Å². The van der Waals surface area contributed by atoms with Gasteiger partial charge in [0, 0.05) is 36.6 Å². The Labute approximate surface area is 191 Å². The lowest BCUT2D eigenvalue weighted by Crippen LogP contribution is -2.50. The molecule has 0 N–H and O–H groups in total. The van der Waals surface area contributed by atoms with Crippen LogP contribution in [0.2, 0.25) is 0 Å². The van der Waals surface area contributed by atoms with Gasteiger partial charge in [-0.05, 0) is 32.8 Å². The zero-order valence-corrected chi connectivity index (χ0v) is 18.6. The van der Waals surface area contributed by atoms with Crippen LogP contribution in [0.1, 0.15) is 49.1 Å². The minimum Gasteiger partial charge on any atom is -0.379 e. The van der Waals surface area contributed by atoms with Crippen molar-refractivity contribution in [2.45, 2.75) is 44.6 Å². The molecule has 1 atom stereocenters. The Morgan fingerprint density at radius 3 is 2.58 bits per heavy atom. The number of nitrogens with zero attached hydrogens (tertiary/aromatic N) is 4. The first-order valence-electron chi connectivity index (χ1n) is 11.1. The molecular formula is C25H25FN4O3. The van der Waals surface area contributed by atoms with Crippen LogP contribution in [0.3, 0.4) is 0 Å². The van der Waals surface area contributed by atoms with E-state index in [0.717, 1.165) is 18.4 Å². The molecule has 3 heterocycles. The fraction of sp³-hybridized carbons (Fsp3) is 0.360. The molecule has 170 valence electrons. The van der Waals surface area contributed by atoms with Gasteiger partial charge in [-0.3, -0.25) is 4.79 Å². The summed E-state index contributed by atoms with van der Waals surface area (Å²) in [4.78, 5) is 25.1. The maximum absolute atomic E-state index is 14.1. The second-order valence-electron chi connectivity index (χ2n) is 8.91. The Morgan fingerprint density at radius 1 is 1.12 bits per heavy atom. The van der Waals surface area contributed by atoms with Crippen molar-refractivity contribution in [3.63, 3.8) is 0 Å². The lowest BCUT2D eigenvalue weighted by molar-refractivity contribution is -0.154. The second kappa shape index (κ2) is 8.42. The number of carbonyl (C=O) groups excluding carboxylic acids is 1. The van der Waals surface area contributed by atoms with Gasteiger partial charge in [-0.2, -0.15) is 4.98 Å². The van der Waals surface area contributed by atoms with Gasteiger partial charge in [0.05, 0.1) is 5.71 Å². The fourth-order valence-corrected chi connectivity index (χ4v) is 4.38. The largest absolute Gasteiger partial charge is 0.379 e. The van der Waals surface area contributed by atoms with E-state index in [9.17, 15) is 9.18 Å². The van der Waals surface area contributed by atoms with E-state index in [2.05, 4.69) is 15.3 Å². The average molecular weight is 448 g/mol. The summed E-state index contributed by atoms with van der Waals surface area (Å²) in [6, 6.07) is 14.4. The third-order valence-corrected chi connectivity index (χ3v) is 6.38. The summed E-state index contributed by atoms with van der Waals surface area (Å²) in [5, 5.41) is 8.16. The van der Waals surface area contributed by atoms with Crippen molar-refractivity contribution in [1.29, 1.82) is 0 Å². The summed E-state index contributed by atoms with van der Waals surface area (Å²) >= 11 is 0. The number of hydrogen-bond acceptors (Lipinski definition) is 6. The van der Waals surface area contributed by atoms with Crippen LogP contribution in [0, 0.1) is 12.7 Å². The molecule has 3 aromatic rings. The lowest BCUT2D eigenvalue weighted by atomic mass is 9.91. The minimum atomic E-state index is -1.13. The third kappa shape index (κ3) is 4.13. The van der Waals surface area contributed by atoms with Crippen LogP contribution in [0.15, 0.2) is 58.2 Å². The standard InChI is InChI=1S/C25H25FN4O3/c1-16-7-9-17(10-8-16)22-27-23(32-29-22)18-11-13-30(14-12-18)24(31)25(2)15-21(28-33-25)19-5-3-4-6-20(19)26/h3-10,18H,11-15H2,1-2H3. The zero-order chi connectivity index (χ0) is 23.0. The van der Waals surface area contributed by atoms with E-state index in [1.54, 1.807) is 30.0 Å². The molecule has 1 amide bonds. The van der Waals surface area contributed by atoms with Gasteiger partial charge < -0.3 is 14.3 Å². The van der Waals surface area contributed by atoms with Crippen LogP contribution in [0.5, 0.6) is 0 Å². The van der Waals surface area contributed by atoms with Gasteiger partial charge in [-0.1, -0.05) is 58.3 Å². The van der Waals surface area contributed by atoms with Crippen molar-refractivity contribution in [3.8, 4) is 11.4 Å². The van der Waals surface area contributed by atoms with E-state index in [1.165, 1.54) is 11.6 Å². The molecule has 2 aliphatic rings. The number of halogens is 1. The Balaban J connectivity index is 1.21. The zero-order valence-electron chi connectivity index (χ0n) is 18.6. The second-order valence-corrected chi connectivity index (χ2v) is 8.91. The first-order valence-corrected chi connectivity index (χ1v) is 11.1. The average Bonchev–Trinajstić information content (AvgIpc) is 3.48. The molecule has 1 saturated heterocycles. The van der Waals surface area contributed by atoms with Crippen LogP contribution in [0.25, 0.3) is 11.4 Å². The number of hydrogen-bond donors (Lipinski definition) is 0. The maximum atomic E-state index is 14.1. The molecule has 7 nitrogen and oxygen atoms in total. The molecule has 1 aromatic heterocycles. The van der Waals surface area contributed by atoms with E-state index < -0.39 is 5.60 Å². The van der Waals surface area contributed by atoms with Crippen molar-refractivity contribution in [2.75, 3.05) is 13.1 Å². The predicted octanol–water partition coefficient (Wildman–Crippen LogP) is 4.47. The molecule has 8 heteroatoms. The molecule has 0 aliphatic carbocycles. The summed E-state index contributed by atoms with van der Waals surface area (Å²) < 4.78 is 19.7. The lowest BCUT2D eigenvalue weighted by Gasteiger charge is -2.34. The number of benzene rings is 2. The Kier molecular flexibility index (Phi) is 5.44. The number of aromatic nitrogens is 2. The normalized spacial score (nSPS) is 21.1. The highest BCUT2D eigenvalue weighted by molar-refractivity contribution is 6.05. The number of amides is 1. The molecule has 2 aromatic carbocycles. The smallest absolute Gasteiger partial charge is 0.269 e. The topological polar surface area (TPSA) is 80.8 Å². The van der Waals surface area contributed by atoms with Crippen molar-refractivity contribution < 1.29 is 18.5 Å². The van der Waals surface area contributed by atoms with E-state index in [4.69, 9.17) is 9.36 Å². The first kappa shape index (κ1) is 21.3. The SMILES string of the molecule is Cc1ccc(-c2noc(C3CCN(C(=O)C4(C)CC(c5ccccc5F)=NO4)CC3)n2)cc1. The monoisotopic (exact) mass is 448 g/mol. The van der Waals surface area contributed by atoms with E-state index in [0.29, 0.717) is 36.1 Å². The number of carbonyl (C=O) groups is 1. The third-order valence-electron chi connectivity index (χ3n) is 6.38. The van der Waals surface area contributed by atoms with Crippen LogP contribution in [-0.2, 0) is 9.63 Å². The molecule has 33 heavy (non-hydrogen) atoms. The molecule has 0 bridgehead atoms. The number of likely N-dealkylation sites (tertiary alicyclic amines) is 1. The van der Waals surface area contributed by atoms with Crippen molar-refractivity contribution in [3.05, 3.63) is 71.4 Å². The summed E-state index contributed by atoms with van der Waals surface area (Å²) in [7, 11) is 0. The van der Waals surface area contributed by atoms with Crippen molar-refractivity contribution >= 4 is 11.6 Å². The summed E-state index contributed by atoms with van der Waals surface area (Å²) in [5.74, 6) is 0.770. The maximum Gasteiger partial charge on any atom is 0.269 e. The molecule has 0 radical (unpaired) electrons. The van der Waals surface area contributed by atoms with E-state index in [1.807, 2.05) is 31.2 Å². The van der Waals surface area contributed by atoms with Gasteiger partial charge in [-0.15, -0.1) is 0 Å². The fourth-order valence-electron chi connectivity index (χ4n) is 4.38. The van der Waals surface area contributed by atoms with Gasteiger partial charge in [0.1, 0.15) is 5.82 Å². The van der Waals surface area contributed by atoms with E-state index >= 15 is 0 Å². The Bertz CT molecular complexity index is 1200. The quantitative estimate of drug-likeness (QED) is 0.588. The van der Waals surface area contributed by atoms with E-state index in [-0.39, 0.29) is 24.1 Å². The minimum absolute atomic E-state index is 0.100. The molecule has 1 unspecified atom stereocenters. The highest BCUT2D eigenvalue weighted by Crippen LogP contribution is 2.33. The first-order chi connectivity index (χ1) is 15.9.